The van der Waals surface area contributed by atoms with Crippen LogP contribution in [0, 0.1) is 0 Å². The Hall–Kier alpha value is -2.08. The van der Waals surface area contributed by atoms with E-state index in [2.05, 4.69) is 16.0 Å². The number of carbonyl (C=O) groups is 2. The van der Waals surface area contributed by atoms with Crippen LogP contribution in [0.4, 0.5) is 0 Å². The van der Waals surface area contributed by atoms with Crippen molar-refractivity contribution in [3.8, 4) is 5.75 Å². The quantitative estimate of drug-likeness (QED) is 0.703. The van der Waals surface area contributed by atoms with E-state index in [1.54, 1.807) is 0 Å². The molecule has 24 heavy (non-hydrogen) atoms. The highest BCUT2D eigenvalue weighted by Gasteiger charge is 2.24. The van der Waals surface area contributed by atoms with Crippen molar-refractivity contribution >= 4 is 11.8 Å². The first-order valence-corrected chi connectivity index (χ1v) is 8.67. The van der Waals surface area contributed by atoms with E-state index in [9.17, 15) is 9.59 Å². The smallest absolute Gasteiger partial charge is 0.258 e. The van der Waals surface area contributed by atoms with E-state index in [0.717, 1.165) is 37.8 Å². The highest BCUT2D eigenvalue weighted by Crippen LogP contribution is 2.20. The summed E-state index contributed by atoms with van der Waals surface area (Å²) >= 11 is 0. The molecule has 2 fully saturated rings. The van der Waals surface area contributed by atoms with Crippen molar-refractivity contribution in [3.05, 3.63) is 29.8 Å². The van der Waals surface area contributed by atoms with Gasteiger partial charge in [-0.1, -0.05) is 12.1 Å². The Balaban J connectivity index is 1.45. The van der Waals surface area contributed by atoms with E-state index >= 15 is 0 Å². The Kier molecular flexibility index (Phi) is 5.35. The van der Waals surface area contributed by atoms with Crippen molar-refractivity contribution in [2.24, 2.45) is 0 Å². The maximum absolute atomic E-state index is 12.1. The van der Waals surface area contributed by atoms with Gasteiger partial charge in [0, 0.05) is 6.04 Å². The zero-order valence-electron chi connectivity index (χ0n) is 14.0. The van der Waals surface area contributed by atoms with Crippen LogP contribution in [-0.4, -0.2) is 37.0 Å². The van der Waals surface area contributed by atoms with E-state index in [4.69, 9.17) is 4.74 Å². The second-order valence-corrected chi connectivity index (χ2v) is 6.58. The lowest BCUT2D eigenvalue weighted by molar-refractivity contribution is -0.124. The standard InChI is InChI=1S/C18H25N3O3/c1-12(20-18(23)16-3-2-10-19-16)13-4-8-15(9-5-13)24-11-17(22)21-14-6-7-14/h4-5,8-9,12,14,16,19H,2-3,6-7,10-11H2,1H3,(H,20,23)(H,21,22). The fraction of sp³-hybridized carbons (Fsp3) is 0.556. The van der Waals surface area contributed by atoms with E-state index in [1.165, 1.54) is 0 Å². The molecule has 2 aliphatic rings. The summed E-state index contributed by atoms with van der Waals surface area (Å²) in [6.07, 6.45) is 4.09. The predicted molar refractivity (Wildman–Crippen MR) is 90.7 cm³/mol. The van der Waals surface area contributed by atoms with Crippen LogP contribution in [0.5, 0.6) is 5.75 Å². The molecule has 130 valence electrons. The number of hydrogen-bond acceptors (Lipinski definition) is 4. The van der Waals surface area contributed by atoms with Crippen LogP contribution in [0.25, 0.3) is 0 Å². The molecule has 1 heterocycles. The Morgan fingerprint density at radius 1 is 1.25 bits per heavy atom. The Labute approximate surface area is 142 Å². The molecule has 2 atom stereocenters. The molecule has 0 aromatic heterocycles. The summed E-state index contributed by atoms with van der Waals surface area (Å²) in [6, 6.07) is 7.71. The summed E-state index contributed by atoms with van der Waals surface area (Å²) in [4.78, 5) is 23.7. The van der Waals surface area contributed by atoms with E-state index in [-0.39, 0.29) is 30.5 Å². The topological polar surface area (TPSA) is 79.5 Å². The van der Waals surface area contributed by atoms with Crippen LogP contribution in [0.3, 0.4) is 0 Å². The zero-order chi connectivity index (χ0) is 16.9. The summed E-state index contributed by atoms with van der Waals surface area (Å²) in [5, 5.41) is 9.11. The third kappa shape index (κ3) is 4.71. The van der Waals surface area contributed by atoms with Crippen molar-refractivity contribution in [2.45, 2.75) is 50.7 Å². The second-order valence-electron chi connectivity index (χ2n) is 6.58. The minimum absolute atomic E-state index is 0.0372. The SMILES string of the molecule is CC(NC(=O)C1CCCN1)c1ccc(OCC(=O)NC2CC2)cc1. The van der Waals surface area contributed by atoms with Gasteiger partial charge in [0.15, 0.2) is 6.61 Å². The first kappa shape index (κ1) is 16.8. The minimum Gasteiger partial charge on any atom is -0.484 e. The van der Waals surface area contributed by atoms with Gasteiger partial charge in [-0.15, -0.1) is 0 Å². The third-order valence-electron chi connectivity index (χ3n) is 4.43. The third-order valence-corrected chi connectivity index (χ3v) is 4.43. The number of benzene rings is 1. The summed E-state index contributed by atoms with van der Waals surface area (Å²) in [5.74, 6) is 0.629. The van der Waals surface area contributed by atoms with Gasteiger partial charge >= 0.3 is 0 Å². The van der Waals surface area contributed by atoms with Crippen molar-refractivity contribution in [1.82, 2.24) is 16.0 Å². The molecule has 6 heteroatoms. The van der Waals surface area contributed by atoms with E-state index < -0.39 is 0 Å². The van der Waals surface area contributed by atoms with Gasteiger partial charge in [0.1, 0.15) is 5.75 Å². The van der Waals surface area contributed by atoms with Crippen LogP contribution >= 0.6 is 0 Å². The summed E-state index contributed by atoms with van der Waals surface area (Å²) in [7, 11) is 0. The molecule has 1 saturated heterocycles. The lowest BCUT2D eigenvalue weighted by atomic mass is 10.1. The van der Waals surface area contributed by atoms with Crippen LogP contribution in [0.1, 0.15) is 44.2 Å². The van der Waals surface area contributed by atoms with Gasteiger partial charge in [-0.25, -0.2) is 0 Å². The van der Waals surface area contributed by atoms with Crippen molar-refractivity contribution in [2.75, 3.05) is 13.2 Å². The highest BCUT2D eigenvalue weighted by molar-refractivity contribution is 5.82. The number of amides is 2. The lowest BCUT2D eigenvalue weighted by Gasteiger charge is -2.18. The second kappa shape index (κ2) is 7.66. The number of ether oxygens (including phenoxy) is 1. The van der Waals surface area contributed by atoms with Gasteiger partial charge in [0.05, 0.1) is 12.1 Å². The van der Waals surface area contributed by atoms with Crippen molar-refractivity contribution in [1.29, 1.82) is 0 Å². The normalized spacial score (nSPS) is 21.1. The molecule has 3 rings (SSSR count). The zero-order valence-corrected chi connectivity index (χ0v) is 14.0. The molecule has 1 aromatic rings. The average Bonchev–Trinajstić information content (AvgIpc) is 3.22. The van der Waals surface area contributed by atoms with Crippen molar-refractivity contribution < 1.29 is 14.3 Å². The van der Waals surface area contributed by atoms with Gasteiger partial charge < -0.3 is 20.7 Å². The molecule has 1 aliphatic heterocycles. The molecule has 0 spiro atoms. The van der Waals surface area contributed by atoms with Crippen LogP contribution < -0.4 is 20.7 Å². The molecular weight excluding hydrogens is 306 g/mol. The summed E-state index contributed by atoms with van der Waals surface area (Å²) in [5.41, 5.74) is 1.01. The fourth-order valence-corrected chi connectivity index (χ4v) is 2.80. The number of hydrogen-bond donors (Lipinski definition) is 3. The van der Waals surface area contributed by atoms with Gasteiger partial charge in [-0.3, -0.25) is 9.59 Å². The largest absolute Gasteiger partial charge is 0.484 e. The molecule has 6 nitrogen and oxygen atoms in total. The van der Waals surface area contributed by atoms with Gasteiger partial charge in [0.2, 0.25) is 5.91 Å². The monoisotopic (exact) mass is 331 g/mol. The molecule has 2 unspecified atom stereocenters. The van der Waals surface area contributed by atoms with Gasteiger partial charge in [-0.2, -0.15) is 0 Å². The first-order valence-electron chi connectivity index (χ1n) is 8.67. The summed E-state index contributed by atoms with van der Waals surface area (Å²) in [6.45, 7) is 2.91. The maximum atomic E-state index is 12.1. The molecule has 0 radical (unpaired) electrons. The molecule has 2 amide bonds. The Bertz CT molecular complexity index is 578. The summed E-state index contributed by atoms with van der Waals surface area (Å²) < 4.78 is 5.48. The van der Waals surface area contributed by atoms with Crippen LogP contribution in [-0.2, 0) is 9.59 Å². The highest BCUT2D eigenvalue weighted by atomic mass is 16.5. The number of carbonyl (C=O) groups excluding carboxylic acids is 2. The lowest BCUT2D eigenvalue weighted by Crippen LogP contribution is -2.41. The first-order chi connectivity index (χ1) is 11.6. The van der Waals surface area contributed by atoms with E-state index in [0.29, 0.717) is 11.8 Å². The van der Waals surface area contributed by atoms with Crippen molar-refractivity contribution in [3.63, 3.8) is 0 Å². The fourth-order valence-electron chi connectivity index (χ4n) is 2.80. The molecule has 0 bridgehead atoms. The molecular formula is C18H25N3O3. The van der Waals surface area contributed by atoms with Crippen LogP contribution in [0.15, 0.2) is 24.3 Å². The minimum atomic E-state index is -0.0775. The number of nitrogens with one attached hydrogen (secondary N) is 3. The maximum Gasteiger partial charge on any atom is 0.258 e. The Morgan fingerprint density at radius 2 is 2.00 bits per heavy atom. The average molecular weight is 331 g/mol. The van der Waals surface area contributed by atoms with E-state index in [1.807, 2.05) is 31.2 Å². The molecule has 1 saturated carbocycles. The van der Waals surface area contributed by atoms with Crippen LogP contribution in [0.2, 0.25) is 0 Å². The Morgan fingerprint density at radius 3 is 2.62 bits per heavy atom. The molecule has 1 aliphatic carbocycles. The molecule has 1 aromatic carbocycles. The van der Waals surface area contributed by atoms with Gasteiger partial charge in [0.25, 0.3) is 5.91 Å². The number of rotatable bonds is 7. The van der Waals surface area contributed by atoms with Gasteiger partial charge in [-0.05, 0) is 56.8 Å². The molecule has 3 N–H and O–H groups in total. The predicted octanol–water partition coefficient (Wildman–Crippen LogP) is 1.27.